The molecule has 0 aromatic heterocycles. The molecule has 110 valence electrons. The van der Waals surface area contributed by atoms with Gasteiger partial charge in [0.15, 0.2) is 0 Å². The van der Waals surface area contributed by atoms with Crippen LogP contribution >= 0.6 is 0 Å². The molecule has 0 amide bonds. The number of anilines is 1. The van der Waals surface area contributed by atoms with Gasteiger partial charge in [-0.2, -0.15) is 0 Å². The highest BCUT2D eigenvalue weighted by Crippen LogP contribution is 2.30. The molecule has 1 fully saturated rings. The maximum Gasteiger partial charge on any atom is 0.274 e. The van der Waals surface area contributed by atoms with Crippen molar-refractivity contribution < 1.29 is 9.31 Å². The number of nitro benzene ring substituents is 1. The van der Waals surface area contributed by atoms with Crippen LogP contribution in [0, 0.1) is 21.8 Å². The van der Waals surface area contributed by atoms with Gasteiger partial charge >= 0.3 is 0 Å². The first-order chi connectivity index (χ1) is 9.58. The lowest BCUT2D eigenvalue weighted by atomic mass is 9.83. The molecule has 4 nitrogen and oxygen atoms in total. The van der Waals surface area contributed by atoms with Crippen LogP contribution in [0.3, 0.4) is 0 Å². The Balaban J connectivity index is 1.96. The number of non-ortho nitro benzene ring substituents is 1. The number of halogens is 1. The molecule has 0 heterocycles. The standard InChI is InChI=1S/C15H21FN2O2/c1-2-3-11-4-6-13(7-5-11)17-14-8-12(16)9-15(10-14)18(19)20/h8-11,13,17H,2-7H2,1H3. The van der Waals surface area contributed by atoms with E-state index < -0.39 is 10.7 Å². The third-order valence-electron chi connectivity index (χ3n) is 4.01. The van der Waals surface area contributed by atoms with Crippen molar-refractivity contribution in [1.29, 1.82) is 0 Å². The molecule has 0 spiro atoms. The van der Waals surface area contributed by atoms with Crippen LogP contribution in [0.15, 0.2) is 18.2 Å². The van der Waals surface area contributed by atoms with Crippen molar-refractivity contribution in [3.05, 3.63) is 34.1 Å². The quantitative estimate of drug-likeness (QED) is 0.638. The van der Waals surface area contributed by atoms with Gasteiger partial charge in [-0.3, -0.25) is 10.1 Å². The van der Waals surface area contributed by atoms with Gasteiger partial charge in [0.25, 0.3) is 5.69 Å². The monoisotopic (exact) mass is 280 g/mol. The van der Waals surface area contributed by atoms with Crippen molar-refractivity contribution in [1.82, 2.24) is 0 Å². The molecule has 20 heavy (non-hydrogen) atoms. The van der Waals surface area contributed by atoms with Gasteiger partial charge in [-0.05, 0) is 37.7 Å². The fraction of sp³-hybridized carbons (Fsp3) is 0.600. The average molecular weight is 280 g/mol. The topological polar surface area (TPSA) is 55.2 Å². The third kappa shape index (κ3) is 3.92. The van der Waals surface area contributed by atoms with Gasteiger partial charge in [-0.25, -0.2) is 4.39 Å². The fourth-order valence-corrected chi connectivity index (χ4v) is 3.00. The second-order valence-electron chi connectivity index (χ2n) is 5.61. The summed E-state index contributed by atoms with van der Waals surface area (Å²) in [5.41, 5.74) is 0.308. The molecular formula is C15H21FN2O2. The lowest BCUT2D eigenvalue weighted by molar-refractivity contribution is -0.385. The molecular weight excluding hydrogens is 259 g/mol. The first-order valence-electron chi connectivity index (χ1n) is 7.30. The van der Waals surface area contributed by atoms with E-state index in [2.05, 4.69) is 12.2 Å². The predicted octanol–water partition coefficient (Wildman–Crippen LogP) is 4.50. The minimum absolute atomic E-state index is 0.202. The highest BCUT2D eigenvalue weighted by molar-refractivity contribution is 5.52. The summed E-state index contributed by atoms with van der Waals surface area (Å²) >= 11 is 0. The molecule has 0 unspecified atom stereocenters. The van der Waals surface area contributed by atoms with Crippen LogP contribution in [-0.4, -0.2) is 11.0 Å². The third-order valence-corrected chi connectivity index (χ3v) is 4.01. The van der Waals surface area contributed by atoms with E-state index in [0.29, 0.717) is 11.7 Å². The van der Waals surface area contributed by atoms with E-state index in [9.17, 15) is 14.5 Å². The molecule has 1 aromatic carbocycles. The molecule has 0 bridgehead atoms. The van der Waals surface area contributed by atoms with Gasteiger partial charge in [0.2, 0.25) is 0 Å². The lowest BCUT2D eigenvalue weighted by Gasteiger charge is -2.29. The van der Waals surface area contributed by atoms with E-state index in [-0.39, 0.29) is 5.69 Å². The smallest absolute Gasteiger partial charge is 0.274 e. The zero-order chi connectivity index (χ0) is 14.5. The molecule has 2 rings (SSSR count). The van der Waals surface area contributed by atoms with Crippen LogP contribution in [0.25, 0.3) is 0 Å². The van der Waals surface area contributed by atoms with E-state index in [1.165, 1.54) is 37.8 Å². The summed E-state index contributed by atoms with van der Waals surface area (Å²) in [4.78, 5) is 10.2. The van der Waals surface area contributed by atoms with Crippen molar-refractivity contribution in [2.45, 2.75) is 51.5 Å². The number of nitrogens with zero attached hydrogens (tertiary/aromatic N) is 1. The van der Waals surface area contributed by atoms with E-state index in [1.54, 1.807) is 0 Å². The Morgan fingerprint density at radius 1 is 1.30 bits per heavy atom. The Morgan fingerprint density at radius 3 is 2.60 bits per heavy atom. The van der Waals surface area contributed by atoms with Crippen LogP contribution in [0.5, 0.6) is 0 Å². The summed E-state index contributed by atoms with van der Waals surface area (Å²) in [7, 11) is 0. The molecule has 1 aliphatic rings. The van der Waals surface area contributed by atoms with Gasteiger partial charge < -0.3 is 5.32 Å². The summed E-state index contributed by atoms with van der Waals surface area (Å²) in [6, 6.07) is 3.97. The largest absolute Gasteiger partial charge is 0.382 e. The fourth-order valence-electron chi connectivity index (χ4n) is 3.00. The van der Waals surface area contributed by atoms with Gasteiger partial charge in [0.1, 0.15) is 5.82 Å². The lowest BCUT2D eigenvalue weighted by Crippen LogP contribution is -2.26. The summed E-state index contributed by atoms with van der Waals surface area (Å²) in [6.45, 7) is 2.20. The number of nitro groups is 1. The summed E-state index contributed by atoms with van der Waals surface area (Å²) in [5.74, 6) is 0.237. The number of hydrogen-bond acceptors (Lipinski definition) is 3. The van der Waals surface area contributed by atoms with Crippen molar-refractivity contribution >= 4 is 11.4 Å². The molecule has 1 N–H and O–H groups in total. The Labute approximate surface area is 118 Å². The minimum Gasteiger partial charge on any atom is -0.382 e. The SMILES string of the molecule is CCCC1CCC(Nc2cc(F)cc([N+](=O)[O-])c2)CC1. The molecule has 0 aliphatic heterocycles. The molecule has 1 saturated carbocycles. The van der Waals surface area contributed by atoms with Crippen molar-refractivity contribution in [2.75, 3.05) is 5.32 Å². The highest BCUT2D eigenvalue weighted by Gasteiger charge is 2.21. The van der Waals surface area contributed by atoms with E-state index >= 15 is 0 Å². The maximum absolute atomic E-state index is 13.4. The Kier molecular flexibility index (Phi) is 4.93. The number of benzene rings is 1. The maximum atomic E-state index is 13.4. The summed E-state index contributed by atoms with van der Waals surface area (Å²) < 4.78 is 13.4. The Hall–Kier alpha value is -1.65. The average Bonchev–Trinajstić information content (AvgIpc) is 2.40. The van der Waals surface area contributed by atoms with Crippen molar-refractivity contribution in [3.63, 3.8) is 0 Å². The molecule has 1 aliphatic carbocycles. The van der Waals surface area contributed by atoms with E-state index in [0.717, 1.165) is 24.8 Å². The summed E-state index contributed by atoms with van der Waals surface area (Å²) in [6.07, 6.45) is 6.97. The Morgan fingerprint density at radius 2 is 2.00 bits per heavy atom. The second kappa shape index (κ2) is 6.68. The number of rotatable bonds is 5. The minimum atomic E-state index is -0.568. The van der Waals surface area contributed by atoms with Gasteiger partial charge in [0, 0.05) is 17.8 Å². The van der Waals surface area contributed by atoms with Crippen LogP contribution < -0.4 is 5.32 Å². The van der Waals surface area contributed by atoms with Gasteiger partial charge in [0.05, 0.1) is 11.0 Å². The molecule has 0 atom stereocenters. The van der Waals surface area contributed by atoms with Crippen LogP contribution in [-0.2, 0) is 0 Å². The Bertz CT molecular complexity index is 471. The first-order valence-corrected chi connectivity index (χ1v) is 7.30. The second-order valence-corrected chi connectivity index (χ2v) is 5.61. The van der Waals surface area contributed by atoms with Crippen molar-refractivity contribution in [2.24, 2.45) is 5.92 Å². The summed E-state index contributed by atoms with van der Waals surface area (Å²) in [5, 5.41) is 14.0. The van der Waals surface area contributed by atoms with Crippen LogP contribution in [0.2, 0.25) is 0 Å². The van der Waals surface area contributed by atoms with Crippen LogP contribution in [0.4, 0.5) is 15.8 Å². The first kappa shape index (κ1) is 14.8. The molecule has 0 saturated heterocycles. The van der Waals surface area contributed by atoms with E-state index in [4.69, 9.17) is 0 Å². The normalized spacial score (nSPS) is 22.5. The molecule has 5 heteroatoms. The molecule has 1 aromatic rings. The van der Waals surface area contributed by atoms with Gasteiger partial charge in [-0.1, -0.05) is 19.8 Å². The van der Waals surface area contributed by atoms with Crippen LogP contribution in [0.1, 0.15) is 45.4 Å². The molecule has 0 radical (unpaired) electrons. The highest BCUT2D eigenvalue weighted by atomic mass is 19.1. The zero-order valence-corrected chi connectivity index (χ0v) is 11.8. The van der Waals surface area contributed by atoms with E-state index in [1.807, 2.05) is 0 Å². The number of nitrogens with one attached hydrogen (secondary N) is 1. The number of hydrogen-bond donors (Lipinski definition) is 1. The predicted molar refractivity (Wildman–Crippen MR) is 77.3 cm³/mol. The zero-order valence-electron chi connectivity index (χ0n) is 11.8. The van der Waals surface area contributed by atoms with Crippen molar-refractivity contribution in [3.8, 4) is 0 Å². The van der Waals surface area contributed by atoms with Gasteiger partial charge in [-0.15, -0.1) is 0 Å².